The molecule has 6 nitrogen and oxygen atoms in total. The Morgan fingerprint density at radius 1 is 1.15 bits per heavy atom. The number of carboxylic acids is 1. The van der Waals surface area contributed by atoms with Gasteiger partial charge in [0.25, 0.3) is 0 Å². The van der Waals surface area contributed by atoms with Gasteiger partial charge in [0.15, 0.2) is 0 Å². The molecule has 0 saturated carbocycles. The van der Waals surface area contributed by atoms with Gasteiger partial charge in [-0.1, -0.05) is 26.0 Å². The number of fused-ring (bicyclic) bond motifs is 2. The molecule has 0 fully saturated rings. The maximum Gasteiger partial charge on any atom is 0.335 e. The third kappa shape index (κ3) is 3.58. The van der Waals surface area contributed by atoms with Crippen molar-refractivity contribution < 1.29 is 19.0 Å². The number of halogens is 1. The van der Waals surface area contributed by atoms with Crippen LogP contribution in [0.25, 0.3) is 27.8 Å². The Kier molecular flexibility index (Phi) is 5.29. The Hall–Kier alpha value is -3.84. The molecule has 4 aromatic rings. The maximum atomic E-state index is 13.8. The van der Waals surface area contributed by atoms with Gasteiger partial charge in [0.05, 0.1) is 35.4 Å². The van der Waals surface area contributed by atoms with Gasteiger partial charge in [-0.05, 0) is 48.0 Å². The molecule has 0 spiro atoms. The summed E-state index contributed by atoms with van der Waals surface area (Å²) in [5.74, 6) is -1.29. The van der Waals surface area contributed by atoms with Gasteiger partial charge in [0.2, 0.25) is 0 Å². The highest BCUT2D eigenvalue weighted by Crippen LogP contribution is 2.43. The number of hydrogen-bond donors (Lipinski definition) is 1. The smallest absolute Gasteiger partial charge is 0.335 e. The average molecular weight is 458 g/mol. The first kappa shape index (κ1) is 22.0. The number of nitrogens with zero attached hydrogens (tertiary/aromatic N) is 3. The minimum atomic E-state index is -0.978. The number of methoxy groups -OCH3 is 1. The number of carboxylic acid groups (broad SMARTS) is 1. The largest absolute Gasteiger partial charge is 0.478 e. The highest BCUT2D eigenvalue weighted by atomic mass is 19.1. The first-order chi connectivity index (χ1) is 16.3. The second kappa shape index (κ2) is 8.18. The fourth-order valence-electron chi connectivity index (χ4n) is 4.70. The van der Waals surface area contributed by atoms with Crippen LogP contribution in [-0.2, 0) is 16.7 Å². The normalized spacial score (nSPS) is 12.9. The lowest BCUT2D eigenvalue weighted by Gasteiger charge is -2.28. The van der Waals surface area contributed by atoms with E-state index in [1.807, 2.05) is 18.3 Å². The number of aromatic carboxylic acids is 1. The molecule has 172 valence electrons. The molecule has 0 saturated heterocycles. The Labute approximate surface area is 196 Å². The van der Waals surface area contributed by atoms with Gasteiger partial charge in [-0.3, -0.25) is 4.99 Å². The summed E-state index contributed by atoms with van der Waals surface area (Å²) in [4.78, 5) is 20.8. The van der Waals surface area contributed by atoms with Crippen molar-refractivity contribution >= 4 is 23.2 Å². The summed E-state index contributed by atoms with van der Waals surface area (Å²) in [6.45, 7) is 5.14. The SMILES string of the molecule is COCC(C)(C)c1c(-c2ccc(C(=O)O)cc2)c2nc3c(cc2n1-c1ccc(F)cc1)C=NC3. The number of hydrogen-bond acceptors (Lipinski definition) is 4. The van der Waals surface area contributed by atoms with Crippen LogP contribution in [0.3, 0.4) is 0 Å². The van der Waals surface area contributed by atoms with Gasteiger partial charge in [-0.25, -0.2) is 14.2 Å². The topological polar surface area (TPSA) is 76.7 Å². The number of pyridine rings is 1. The Morgan fingerprint density at radius 2 is 1.85 bits per heavy atom. The molecular weight excluding hydrogens is 433 g/mol. The van der Waals surface area contributed by atoms with Crippen LogP contribution in [0, 0.1) is 5.82 Å². The van der Waals surface area contributed by atoms with Crippen LogP contribution in [0.2, 0.25) is 0 Å². The molecule has 2 aromatic carbocycles. The first-order valence-corrected chi connectivity index (χ1v) is 11.0. The standard InChI is InChI=1S/C27H24FN3O3/c1-27(2,15-34-3)25-23(16-4-6-17(7-5-16)26(32)33)24-22(12-18-13-29-14-21(18)30-24)31(25)20-10-8-19(28)9-11-20/h4-13H,14-15H2,1-3H3,(H,32,33). The quantitative estimate of drug-likeness (QED) is 0.421. The van der Waals surface area contributed by atoms with E-state index >= 15 is 0 Å². The van der Waals surface area contributed by atoms with E-state index in [1.54, 1.807) is 31.4 Å². The molecule has 0 amide bonds. The number of benzene rings is 2. The van der Waals surface area contributed by atoms with Gasteiger partial charge in [-0.15, -0.1) is 0 Å². The van der Waals surface area contributed by atoms with Crippen molar-refractivity contribution in [1.29, 1.82) is 0 Å². The van der Waals surface area contributed by atoms with Crippen molar-refractivity contribution in [3.05, 3.63) is 82.9 Å². The molecule has 3 heterocycles. The summed E-state index contributed by atoms with van der Waals surface area (Å²) in [5.41, 5.74) is 6.76. The van der Waals surface area contributed by atoms with E-state index in [9.17, 15) is 14.3 Å². The van der Waals surface area contributed by atoms with E-state index in [1.165, 1.54) is 12.1 Å². The molecular formula is C27H24FN3O3. The Balaban J connectivity index is 1.91. The summed E-state index contributed by atoms with van der Waals surface area (Å²) in [5, 5.41) is 9.38. The van der Waals surface area contributed by atoms with E-state index in [2.05, 4.69) is 29.5 Å². The Bertz CT molecular complexity index is 1440. The molecule has 0 radical (unpaired) electrons. The predicted octanol–water partition coefficient (Wildman–Crippen LogP) is 5.39. The molecule has 0 atom stereocenters. The van der Waals surface area contributed by atoms with E-state index in [4.69, 9.17) is 9.72 Å². The minimum Gasteiger partial charge on any atom is -0.478 e. The molecule has 0 aliphatic carbocycles. The number of rotatable bonds is 6. The lowest BCUT2D eigenvalue weighted by molar-refractivity contribution is 0.0697. The molecule has 1 aliphatic heterocycles. The fourth-order valence-corrected chi connectivity index (χ4v) is 4.70. The molecule has 7 heteroatoms. The molecule has 2 aromatic heterocycles. The summed E-state index contributed by atoms with van der Waals surface area (Å²) in [7, 11) is 1.66. The number of aliphatic imine (C=N–C) groups is 1. The number of ether oxygens (including phenoxy) is 1. The molecule has 0 unspecified atom stereocenters. The molecule has 34 heavy (non-hydrogen) atoms. The van der Waals surface area contributed by atoms with Crippen LogP contribution in [0.5, 0.6) is 0 Å². The third-order valence-corrected chi connectivity index (χ3v) is 6.18. The van der Waals surface area contributed by atoms with Gasteiger partial charge in [-0.2, -0.15) is 0 Å². The number of aromatic nitrogens is 2. The highest BCUT2D eigenvalue weighted by Gasteiger charge is 2.33. The van der Waals surface area contributed by atoms with E-state index in [0.29, 0.717) is 13.2 Å². The van der Waals surface area contributed by atoms with Crippen LogP contribution in [-0.4, -0.2) is 40.6 Å². The zero-order valence-electron chi connectivity index (χ0n) is 19.2. The van der Waals surface area contributed by atoms with Crippen LogP contribution >= 0.6 is 0 Å². The fraction of sp³-hybridized carbons (Fsp3) is 0.222. The van der Waals surface area contributed by atoms with E-state index in [-0.39, 0.29) is 11.4 Å². The lowest BCUT2D eigenvalue weighted by atomic mass is 9.85. The Morgan fingerprint density at radius 3 is 2.50 bits per heavy atom. The van der Waals surface area contributed by atoms with E-state index in [0.717, 1.165) is 44.8 Å². The predicted molar refractivity (Wildman–Crippen MR) is 130 cm³/mol. The summed E-state index contributed by atoms with van der Waals surface area (Å²) >= 11 is 0. The van der Waals surface area contributed by atoms with Crippen LogP contribution in [0.1, 0.15) is 41.2 Å². The summed E-state index contributed by atoms with van der Waals surface area (Å²) < 4.78 is 21.5. The monoisotopic (exact) mass is 457 g/mol. The second-order valence-electron chi connectivity index (χ2n) is 9.10. The molecule has 1 N–H and O–H groups in total. The highest BCUT2D eigenvalue weighted by molar-refractivity contribution is 6.00. The van der Waals surface area contributed by atoms with Gasteiger partial charge in [0, 0.05) is 41.2 Å². The zero-order valence-corrected chi connectivity index (χ0v) is 19.2. The van der Waals surface area contributed by atoms with Crippen molar-refractivity contribution in [2.24, 2.45) is 4.99 Å². The van der Waals surface area contributed by atoms with Crippen LogP contribution in [0.4, 0.5) is 4.39 Å². The van der Waals surface area contributed by atoms with Crippen molar-refractivity contribution in [1.82, 2.24) is 9.55 Å². The molecule has 1 aliphatic rings. The van der Waals surface area contributed by atoms with Crippen molar-refractivity contribution in [3.63, 3.8) is 0 Å². The van der Waals surface area contributed by atoms with Crippen LogP contribution < -0.4 is 0 Å². The number of carbonyl (C=O) groups is 1. The maximum absolute atomic E-state index is 13.8. The lowest BCUT2D eigenvalue weighted by Crippen LogP contribution is -2.27. The summed E-state index contributed by atoms with van der Waals surface area (Å²) in [6.07, 6.45) is 1.82. The van der Waals surface area contributed by atoms with Crippen molar-refractivity contribution in [3.8, 4) is 16.8 Å². The van der Waals surface area contributed by atoms with Gasteiger partial charge >= 0.3 is 5.97 Å². The van der Waals surface area contributed by atoms with Gasteiger partial charge < -0.3 is 14.4 Å². The van der Waals surface area contributed by atoms with Gasteiger partial charge in [0.1, 0.15) is 5.82 Å². The minimum absolute atomic E-state index is 0.214. The average Bonchev–Trinajstić information content (AvgIpc) is 3.40. The zero-order chi connectivity index (χ0) is 24.0. The van der Waals surface area contributed by atoms with E-state index < -0.39 is 11.4 Å². The third-order valence-electron chi connectivity index (χ3n) is 6.18. The first-order valence-electron chi connectivity index (χ1n) is 11.0. The molecule has 5 rings (SSSR count). The second-order valence-corrected chi connectivity index (χ2v) is 9.10. The molecule has 0 bridgehead atoms. The van der Waals surface area contributed by atoms with Crippen LogP contribution in [0.15, 0.2) is 59.6 Å². The summed E-state index contributed by atoms with van der Waals surface area (Å²) in [6, 6.07) is 15.3. The van der Waals surface area contributed by atoms with Crippen molar-refractivity contribution in [2.75, 3.05) is 13.7 Å². The van der Waals surface area contributed by atoms with Crippen molar-refractivity contribution in [2.45, 2.75) is 25.8 Å².